The second kappa shape index (κ2) is 1.97. The quantitative estimate of drug-likeness (QED) is 0.465. The topological polar surface area (TPSA) is 49.9 Å². The summed E-state index contributed by atoms with van der Waals surface area (Å²) in [5.74, 6) is 0. The Bertz CT molecular complexity index is 273. The smallest absolute Gasteiger partial charge is 0.170 e. The van der Waals surface area contributed by atoms with Crippen LogP contribution in [0.15, 0.2) is 23.4 Å². The highest BCUT2D eigenvalue weighted by molar-refractivity contribution is 6.07. The van der Waals surface area contributed by atoms with Crippen molar-refractivity contribution < 1.29 is 4.11 Å². The van der Waals surface area contributed by atoms with Crippen molar-refractivity contribution in [3.8, 4) is 0 Å². The number of hydrogen-bond donors (Lipinski definition) is 2. The van der Waals surface area contributed by atoms with Crippen molar-refractivity contribution >= 4 is 5.71 Å². The molecule has 1 aliphatic carbocycles. The fraction of sp³-hybridized carbons (Fsp3) is 0.143. The van der Waals surface area contributed by atoms with Crippen molar-refractivity contribution in [2.24, 2.45) is 5.73 Å². The molecule has 0 unspecified atom stereocenters. The van der Waals surface area contributed by atoms with E-state index in [9.17, 15) is 0 Å². The van der Waals surface area contributed by atoms with E-state index >= 15 is 0 Å². The standard InChI is InChI=1S/C7H9N2/c1-5-2-3-6(8)4-7(5)9/h2-4,9H,8H2,1H3/q+1/i1D3. The second-order valence-electron chi connectivity index (χ2n) is 1.81. The van der Waals surface area contributed by atoms with Crippen LogP contribution in [0.25, 0.3) is 0 Å². The second-order valence-corrected chi connectivity index (χ2v) is 1.81. The minimum absolute atomic E-state index is 0.0324. The summed E-state index contributed by atoms with van der Waals surface area (Å²) in [7, 11) is 0. The average molecular weight is 124 g/mol. The van der Waals surface area contributed by atoms with Crippen molar-refractivity contribution in [1.29, 1.82) is 5.41 Å². The first kappa shape index (κ1) is 3.11. The van der Waals surface area contributed by atoms with Gasteiger partial charge in [0.1, 0.15) is 5.70 Å². The average Bonchev–Trinajstić information content (AvgIpc) is 1.83. The van der Waals surface area contributed by atoms with Crippen LogP contribution >= 0.6 is 0 Å². The fourth-order valence-corrected chi connectivity index (χ4v) is 0.562. The van der Waals surface area contributed by atoms with Crippen LogP contribution in [-0.4, -0.2) is 5.71 Å². The van der Waals surface area contributed by atoms with E-state index in [1.807, 2.05) is 0 Å². The van der Waals surface area contributed by atoms with E-state index in [-0.39, 0.29) is 11.3 Å². The molecular weight excluding hydrogens is 112 g/mol. The van der Waals surface area contributed by atoms with Gasteiger partial charge in [-0.1, -0.05) is 0 Å². The van der Waals surface area contributed by atoms with Gasteiger partial charge >= 0.3 is 0 Å². The Balaban J connectivity index is 2.91. The maximum absolute atomic E-state index is 7.33. The van der Waals surface area contributed by atoms with Crippen LogP contribution in [0.3, 0.4) is 0 Å². The highest BCUT2D eigenvalue weighted by atomic mass is 14.6. The summed E-state index contributed by atoms with van der Waals surface area (Å²) >= 11 is 0. The van der Waals surface area contributed by atoms with Crippen LogP contribution < -0.4 is 5.73 Å². The molecule has 0 fully saturated rings. The maximum atomic E-state index is 7.33. The van der Waals surface area contributed by atoms with E-state index in [0.29, 0.717) is 5.70 Å². The first-order valence-electron chi connectivity index (χ1n) is 4.03. The Morgan fingerprint density at radius 1 is 1.89 bits per heavy atom. The molecule has 0 heterocycles. The predicted octanol–water partition coefficient (Wildman–Crippen LogP) is 1.01. The lowest BCUT2D eigenvalue weighted by Gasteiger charge is -1.96. The molecule has 9 heavy (non-hydrogen) atoms. The van der Waals surface area contributed by atoms with Crippen molar-refractivity contribution in [3.63, 3.8) is 0 Å². The number of allylic oxidation sites excluding steroid dienone is 3. The van der Waals surface area contributed by atoms with Gasteiger partial charge < -0.3 is 5.73 Å². The zero-order valence-electron chi connectivity index (χ0n) is 7.81. The summed E-state index contributed by atoms with van der Waals surface area (Å²) in [6, 6.07) is 0. The molecule has 0 aromatic heterocycles. The lowest BCUT2D eigenvalue weighted by molar-refractivity contribution is 1.31. The van der Waals surface area contributed by atoms with Gasteiger partial charge in [0, 0.05) is 11.0 Å². The summed E-state index contributed by atoms with van der Waals surface area (Å²) in [6.07, 6.45) is 4.19. The summed E-state index contributed by atoms with van der Waals surface area (Å²) in [5, 5.41) is 7.33. The minimum Gasteiger partial charge on any atom is -0.377 e. The van der Waals surface area contributed by atoms with Gasteiger partial charge in [0.15, 0.2) is 5.71 Å². The van der Waals surface area contributed by atoms with Crippen molar-refractivity contribution in [3.05, 3.63) is 29.8 Å². The Labute approximate surface area is 58.8 Å². The number of hydrogen-bond acceptors (Lipinski definition) is 2. The van der Waals surface area contributed by atoms with Crippen LogP contribution in [0.2, 0.25) is 0 Å². The van der Waals surface area contributed by atoms with Gasteiger partial charge in [-0.2, -0.15) is 0 Å². The molecule has 1 aliphatic rings. The summed E-state index contributed by atoms with van der Waals surface area (Å²) in [5.41, 5.74) is 5.78. The third-order valence-electron chi connectivity index (χ3n) is 1.04. The molecule has 0 atom stereocenters. The van der Waals surface area contributed by atoms with Gasteiger partial charge in [-0.3, -0.25) is 5.41 Å². The van der Waals surface area contributed by atoms with Crippen molar-refractivity contribution in [2.45, 2.75) is 6.85 Å². The van der Waals surface area contributed by atoms with Crippen molar-refractivity contribution in [1.82, 2.24) is 0 Å². The normalized spacial score (nSPS) is 24.4. The fourth-order valence-electron chi connectivity index (χ4n) is 0.562. The first-order valence-corrected chi connectivity index (χ1v) is 2.53. The van der Waals surface area contributed by atoms with Gasteiger partial charge in [0.05, 0.1) is 24.1 Å². The molecule has 0 saturated carbocycles. The van der Waals surface area contributed by atoms with Crippen molar-refractivity contribution in [2.75, 3.05) is 0 Å². The molecule has 0 aromatic carbocycles. The van der Waals surface area contributed by atoms with E-state index in [1.165, 1.54) is 18.6 Å². The molecule has 0 saturated heterocycles. The molecule has 0 amide bonds. The van der Waals surface area contributed by atoms with E-state index in [1.54, 1.807) is 0 Å². The molecule has 46 valence electrons. The number of nitrogens with two attached hydrogens (primary N) is 1. The predicted molar refractivity (Wildman–Crippen MR) is 38.1 cm³/mol. The summed E-state index contributed by atoms with van der Waals surface area (Å²) in [4.78, 5) is 0. The van der Waals surface area contributed by atoms with E-state index in [0.717, 1.165) is 0 Å². The largest absolute Gasteiger partial charge is 0.377 e. The van der Waals surface area contributed by atoms with E-state index in [4.69, 9.17) is 15.3 Å². The minimum atomic E-state index is -2.22. The Morgan fingerprint density at radius 2 is 2.67 bits per heavy atom. The summed E-state index contributed by atoms with van der Waals surface area (Å²) < 4.78 is 21.2. The molecule has 1 rings (SSSR count). The lowest BCUT2D eigenvalue weighted by Crippen LogP contribution is -2.07. The highest BCUT2D eigenvalue weighted by Gasteiger charge is 2.12. The summed E-state index contributed by atoms with van der Waals surface area (Å²) in [6.45, 7) is -2.22. The molecule has 0 aromatic rings. The van der Waals surface area contributed by atoms with Gasteiger partial charge in [-0.15, -0.1) is 0 Å². The first-order chi connectivity index (χ1) is 5.41. The van der Waals surface area contributed by atoms with Gasteiger partial charge in [0.25, 0.3) is 0 Å². The molecule has 0 spiro atoms. The SMILES string of the molecule is [2H]C([2H])([2H])C1=C[CH+]C(N)=CC1=N. The zero-order valence-corrected chi connectivity index (χ0v) is 4.81. The molecule has 0 radical (unpaired) electrons. The monoisotopic (exact) mass is 124 g/mol. The van der Waals surface area contributed by atoms with E-state index in [2.05, 4.69) is 0 Å². The van der Waals surface area contributed by atoms with Crippen LogP contribution in [0, 0.1) is 11.8 Å². The molecule has 2 nitrogen and oxygen atoms in total. The Morgan fingerprint density at radius 3 is 3.22 bits per heavy atom. The van der Waals surface area contributed by atoms with Crippen LogP contribution in [0.1, 0.15) is 11.0 Å². The highest BCUT2D eigenvalue weighted by Crippen LogP contribution is 2.08. The van der Waals surface area contributed by atoms with Crippen LogP contribution in [0.5, 0.6) is 0 Å². The number of rotatable bonds is 0. The molecule has 2 heteroatoms. The molecule has 3 N–H and O–H groups in total. The molecule has 0 aliphatic heterocycles. The maximum Gasteiger partial charge on any atom is 0.170 e. The lowest BCUT2D eigenvalue weighted by atomic mass is 10.0. The molecule has 0 bridgehead atoms. The third kappa shape index (κ3) is 1.13. The van der Waals surface area contributed by atoms with Crippen LogP contribution in [0.4, 0.5) is 0 Å². The Kier molecular flexibility index (Phi) is 0.681. The van der Waals surface area contributed by atoms with E-state index < -0.39 is 6.85 Å². The Hall–Kier alpha value is -1.18. The molecular formula is C7H9N2+. The number of nitrogens with one attached hydrogen (secondary N) is 1. The zero-order chi connectivity index (χ0) is 9.35. The third-order valence-corrected chi connectivity index (χ3v) is 1.04. The van der Waals surface area contributed by atoms with Gasteiger partial charge in [-0.05, 0) is 0 Å². The van der Waals surface area contributed by atoms with Gasteiger partial charge in [-0.25, -0.2) is 0 Å². The van der Waals surface area contributed by atoms with Gasteiger partial charge in [0.2, 0.25) is 0 Å². The van der Waals surface area contributed by atoms with Crippen LogP contribution in [-0.2, 0) is 0 Å².